The van der Waals surface area contributed by atoms with Crippen molar-refractivity contribution in [1.29, 1.82) is 0 Å². The van der Waals surface area contributed by atoms with Gasteiger partial charge in [-0.25, -0.2) is 14.4 Å². The van der Waals surface area contributed by atoms with Crippen LogP contribution in [0.25, 0.3) is 11.0 Å². The number of fused-ring (bicyclic) bond motifs is 2. The van der Waals surface area contributed by atoms with Crippen LogP contribution in [0.2, 0.25) is 0 Å². The number of anilines is 2. The minimum absolute atomic E-state index is 0.261. The number of nitrogens with zero attached hydrogens (tertiary/aromatic N) is 6. The number of halogens is 1. The first-order valence-corrected chi connectivity index (χ1v) is 10.1. The first-order valence-electron chi connectivity index (χ1n) is 10.1. The predicted molar refractivity (Wildman–Crippen MR) is 112 cm³/mol. The molecule has 2 aliphatic rings. The molecule has 5 heterocycles. The number of rotatable bonds is 2. The highest BCUT2D eigenvalue weighted by molar-refractivity contribution is 5.89. The summed E-state index contributed by atoms with van der Waals surface area (Å²) < 4.78 is 15.7. The molecule has 0 saturated carbocycles. The van der Waals surface area contributed by atoms with E-state index in [2.05, 4.69) is 34.0 Å². The van der Waals surface area contributed by atoms with Crippen LogP contribution in [0.3, 0.4) is 0 Å². The van der Waals surface area contributed by atoms with Gasteiger partial charge in [0, 0.05) is 38.3 Å². The lowest BCUT2D eigenvalue weighted by molar-refractivity contribution is 0.333. The van der Waals surface area contributed by atoms with Gasteiger partial charge in [0.2, 0.25) is 0 Å². The maximum atomic E-state index is 13.9. The van der Waals surface area contributed by atoms with Crippen molar-refractivity contribution in [2.45, 2.75) is 38.5 Å². The second-order valence-electron chi connectivity index (χ2n) is 8.37. The maximum Gasteiger partial charge on any atom is 0.159 e. The van der Waals surface area contributed by atoms with Gasteiger partial charge >= 0.3 is 0 Å². The van der Waals surface area contributed by atoms with Crippen molar-refractivity contribution >= 4 is 22.5 Å². The van der Waals surface area contributed by atoms with E-state index >= 15 is 0 Å². The van der Waals surface area contributed by atoms with E-state index in [1.165, 1.54) is 5.56 Å². The molecule has 0 aromatic carbocycles. The Morgan fingerprint density at radius 2 is 1.97 bits per heavy atom. The average Bonchev–Trinajstić information content (AvgIpc) is 3.23. The van der Waals surface area contributed by atoms with Crippen molar-refractivity contribution in [2.24, 2.45) is 12.8 Å². The lowest BCUT2D eigenvalue weighted by Gasteiger charge is -2.35. The highest BCUT2D eigenvalue weighted by atomic mass is 19.1. The average molecular weight is 395 g/mol. The van der Waals surface area contributed by atoms with E-state index in [-0.39, 0.29) is 5.92 Å². The molecule has 29 heavy (non-hydrogen) atoms. The summed E-state index contributed by atoms with van der Waals surface area (Å²) in [6, 6.07) is 5.83. The van der Waals surface area contributed by atoms with Crippen molar-refractivity contribution in [3.63, 3.8) is 0 Å². The van der Waals surface area contributed by atoms with E-state index in [4.69, 9.17) is 10.7 Å². The lowest BCUT2D eigenvalue weighted by Crippen LogP contribution is -2.34. The van der Waals surface area contributed by atoms with E-state index in [0.717, 1.165) is 47.0 Å². The highest BCUT2D eigenvalue weighted by Gasteiger charge is 2.32. The molecule has 3 aromatic rings. The number of nitrogens with two attached hydrogens (primary N) is 1. The Labute approximate surface area is 169 Å². The van der Waals surface area contributed by atoms with Crippen LogP contribution >= 0.6 is 0 Å². The molecule has 0 bridgehead atoms. The van der Waals surface area contributed by atoms with E-state index in [1.54, 1.807) is 0 Å². The summed E-state index contributed by atoms with van der Waals surface area (Å²) in [6.07, 6.45) is 0.903. The maximum absolute atomic E-state index is 13.9. The van der Waals surface area contributed by atoms with Crippen molar-refractivity contribution in [3.05, 3.63) is 41.3 Å². The zero-order chi connectivity index (χ0) is 20.3. The monoisotopic (exact) mass is 395 g/mol. The van der Waals surface area contributed by atoms with Gasteiger partial charge in [-0.15, -0.1) is 0 Å². The standard InChI is InChI=1S/C21H26FN7/c1-12-8-28(18-6-13(2)25-21-15(18)7-24-27(21)3)9-14-4-5-19(26-20(12)14)29-10-16(22)17(23)11-29/h4-7,12,16-17H,8-11,23H2,1-3H3/t12-,16+,17-/m0/s1. The van der Waals surface area contributed by atoms with Gasteiger partial charge in [-0.05, 0) is 24.6 Å². The van der Waals surface area contributed by atoms with Crippen LogP contribution < -0.4 is 15.5 Å². The third-order valence-electron chi connectivity index (χ3n) is 6.09. The molecule has 0 spiro atoms. The Kier molecular flexibility index (Phi) is 4.20. The number of aryl methyl sites for hydroxylation is 2. The molecule has 0 unspecified atom stereocenters. The van der Waals surface area contributed by atoms with Gasteiger partial charge in [0.15, 0.2) is 5.65 Å². The number of pyridine rings is 2. The van der Waals surface area contributed by atoms with Crippen LogP contribution in [0.15, 0.2) is 24.4 Å². The molecule has 152 valence electrons. The molecule has 3 atom stereocenters. The van der Waals surface area contributed by atoms with Crippen LogP contribution in [-0.4, -0.2) is 51.6 Å². The lowest BCUT2D eigenvalue weighted by atomic mass is 9.95. The third kappa shape index (κ3) is 3.02. The molecule has 3 aromatic heterocycles. The number of aromatic nitrogens is 4. The molecule has 0 radical (unpaired) electrons. The highest BCUT2D eigenvalue weighted by Crippen LogP contribution is 2.35. The molecule has 5 rings (SSSR count). The second kappa shape index (κ2) is 6.66. The Bertz CT molecular complexity index is 1070. The molecular formula is C21H26FN7. The fraction of sp³-hybridized carbons (Fsp3) is 0.476. The summed E-state index contributed by atoms with van der Waals surface area (Å²) in [5, 5.41) is 5.46. The Morgan fingerprint density at radius 1 is 1.14 bits per heavy atom. The normalized spacial score (nSPS) is 24.4. The van der Waals surface area contributed by atoms with Crippen LogP contribution in [-0.2, 0) is 13.6 Å². The second-order valence-corrected chi connectivity index (χ2v) is 8.37. The van der Waals surface area contributed by atoms with Gasteiger partial charge < -0.3 is 15.5 Å². The van der Waals surface area contributed by atoms with Crippen LogP contribution in [0.4, 0.5) is 15.9 Å². The predicted octanol–water partition coefficient (Wildman–Crippen LogP) is 2.28. The Morgan fingerprint density at radius 3 is 2.72 bits per heavy atom. The van der Waals surface area contributed by atoms with Crippen LogP contribution in [0, 0.1) is 6.92 Å². The molecule has 2 aliphatic heterocycles. The minimum Gasteiger partial charge on any atom is -0.366 e. The number of alkyl halides is 1. The first-order chi connectivity index (χ1) is 13.9. The van der Waals surface area contributed by atoms with Crippen molar-refractivity contribution < 1.29 is 4.39 Å². The fourth-order valence-corrected chi connectivity index (χ4v) is 4.56. The molecule has 7 nitrogen and oxygen atoms in total. The summed E-state index contributed by atoms with van der Waals surface area (Å²) in [4.78, 5) is 13.9. The summed E-state index contributed by atoms with van der Waals surface area (Å²) in [5.74, 6) is 1.09. The van der Waals surface area contributed by atoms with E-state index in [1.807, 2.05) is 35.8 Å². The van der Waals surface area contributed by atoms with Gasteiger partial charge in [-0.1, -0.05) is 13.0 Å². The Hall–Kier alpha value is -2.74. The quantitative estimate of drug-likeness (QED) is 0.718. The van der Waals surface area contributed by atoms with Crippen molar-refractivity contribution in [1.82, 2.24) is 19.7 Å². The fourth-order valence-electron chi connectivity index (χ4n) is 4.56. The summed E-state index contributed by atoms with van der Waals surface area (Å²) in [5.41, 5.74) is 11.2. The smallest absolute Gasteiger partial charge is 0.159 e. The largest absolute Gasteiger partial charge is 0.366 e. The molecule has 0 aliphatic carbocycles. The van der Waals surface area contributed by atoms with Gasteiger partial charge in [0.05, 0.1) is 35.6 Å². The molecule has 1 fully saturated rings. The molecule has 0 amide bonds. The topological polar surface area (TPSA) is 76.1 Å². The summed E-state index contributed by atoms with van der Waals surface area (Å²) >= 11 is 0. The molecule has 8 heteroatoms. The van der Waals surface area contributed by atoms with E-state index in [0.29, 0.717) is 13.1 Å². The van der Waals surface area contributed by atoms with Crippen molar-refractivity contribution in [2.75, 3.05) is 29.4 Å². The zero-order valence-electron chi connectivity index (χ0n) is 17.0. The van der Waals surface area contributed by atoms with Gasteiger partial charge in [0.1, 0.15) is 12.0 Å². The third-order valence-corrected chi connectivity index (χ3v) is 6.09. The summed E-state index contributed by atoms with van der Waals surface area (Å²) in [6.45, 7) is 6.70. The molecular weight excluding hydrogens is 369 g/mol. The van der Waals surface area contributed by atoms with Gasteiger partial charge in [0.25, 0.3) is 0 Å². The van der Waals surface area contributed by atoms with Crippen LogP contribution in [0.5, 0.6) is 0 Å². The minimum atomic E-state index is -0.988. The summed E-state index contributed by atoms with van der Waals surface area (Å²) in [7, 11) is 1.92. The SMILES string of the molecule is Cc1cc(N2Cc3ccc(N4C[C@@H](F)[C@@H](N)C4)nc3[C@@H](C)C2)c2cnn(C)c2n1. The zero-order valence-corrected chi connectivity index (χ0v) is 17.0. The van der Waals surface area contributed by atoms with Crippen molar-refractivity contribution in [3.8, 4) is 0 Å². The number of hydrogen-bond donors (Lipinski definition) is 1. The van der Waals surface area contributed by atoms with Gasteiger partial charge in [-0.3, -0.25) is 4.68 Å². The van der Waals surface area contributed by atoms with Crippen LogP contribution in [0.1, 0.15) is 29.8 Å². The molecule has 1 saturated heterocycles. The van der Waals surface area contributed by atoms with E-state index in [9.17, 15) is 4.39 Å². The molecule has 2 N–H and O–H groups in total. The first kappa shape index (κ1) is 18.3. The van der Waals surface area contributed by atoms with Gasteiger partial charge in [-0.2, -0.15) is 5.10 Å². The number of hydrogen-bond acceptors (Lipinski definition) is 6. The Balaban J connectivity index is 1.48. The van der Waals surface area contributed by atoms with E-state index < -0.39 is 12.2 Å².